The molecule has 2 N–H and O–H groups in total. The largest absolute Gasteiger partial charge is 0.496 e. The Kier molecular flexibility index (Phi) is 12.0. The smallest absolute Gasteiger partial charge is 0.191 e. The molecule has 0 amide bonds. The highest BCUT2D eigenvalue weighted by molar-refractivity contribution is 7.99. The number of nitrogens with zero attached hydrogens (tertiary/aromatic N) is 1. The molecule has 0 aliphatic rings. The normalized spacial score (nSPS) is 12.7. The maximum absolute atomic E-state index is 5.40. The van der Waals surface area contributed by atoms with Crippen molar-refractivity contribution in [1.82, 2.24) is 10.6 Å². The zero-order valence-electron chi connectivity index (χ0n) is 16.0. The van der Waals surface area contributed by atoms with E-state index >= 15 is 0 Å². The van der Waals surface area contributed by atoms with Crippen molar-refractivity contribution >= 4 is 17.7 Å². The third-order valence-corrected chi connectivity index (χ3v) is 4.84. The molecule has 1 atom stereocenters. The van der Waals surface area contributed by atoms with Gasteiger partial charge >= 0.3 is 0 Å². The van der Waals surface area contributed by atoms with Crippen LogP contribution in [0.4, 0.5) is 0 Å². The Morgan fingerprint density at radius 3 is 2.76 bits per heavy atom. The van der Waals surface area contributed by atoms with E-state index in [1.807, 2.05) is 36.9 Å². The van der Waals surface area contributed by atoms with E-state index in [-0.39, 0.29) is 0 Å². The molecule has 25 heavy (non-hydrogen) atoms. The summed E-state index contributed by atoms with van der Waals surface area (Å²) in [6, 6.07) is 8.14. The van der Waals surface area contributed by atoms with Gasteiger partial charge in [-0.05, 0) is 38.3 Å². The van der Waals surface area contributed by atoms with Crippen LogP contribution in [-0.2, 0) is 4.74 Å². The van der Waals surface area contributed by atoms with Crippen LogP contribution >= 0.6 is 11.8 Å². The monoisotopic (exact) mass is 367 g/mol. The summed E-state index contributed by atoms with van der Waals surface area (Å²) < 4.78 is 10.8. The number of methoxy groups -OCH3 is 1. The fraction of sp³-hybridized carbons (Fsp3) is 0.632. The average molecular weight is 368 g/mol. The maximum Gasteiger partial charge on any atom is 0.191 e. The molecule has 6 heteroatoms. The summed E-state index contributed by atoms with van der Waals surface area (Å²) >= 11 is 1.82. The molecule has 0 bridgehead atoms. The van der Waals surface area contributed by atoms with E-state index in [4.69, 9.17) is 14.5 Å². The van der Waals surface area contributed by atoms with E-state index in [0.29, 0.717) is 5.92 Å². The van der Waals surface area contributed by atoms with E-state index in [9.17, 15) is 0 Å². The van der Waals surface area contributed by atoms with Crippen LogP contribution in [0.1, 0.15) is 27.2 Å². The van der Waals surface area contributed by atoms with Crippen LogP contribution in [-0.4, -0.2) is 51.7 Å². The van der Waals surface area contributed by atoms with Gasteiger partial charge in [0.2, 0.25) is 0 Å². The van der Waals surface area contributed by atoms with Gasteiger partial charge in [0.1, 0.15) is 5.75 Å². The molecule has 0 saturated carbocycles. The number of rotatable bonds is 12. The number of ether oxygens (including phenoxy) is 2. The van der Waals surface area contributed by atoms with Crippen molar-refractivity contribution in [3.8, 4) is 5.75 Å². The molecule has 0 aromatic heterocycles. The van der Waals surface area contributed by atoms with Crippen LogP contribution in [0, 0.1) is 5.92 Å². The van der Waals surface area contributed by atoms with E-state index in [1.165, 1.54) is 4.90 Å². The quantitative estimate of drug-likeness (QED) is 0.257. The summed E-state index contributed by atoms with van der Waals surface area (Å²) in [7, 11) is 1.72. The molecule has 0 aliphatic carbocycles. The SMILES string of the molecule is CCNC(=NCC(C)CSc1ccccc1OC)NCCCOCC. The van der Waals surface area contributed by atoms with Gasteiger partial charge in [-0.25, -0.2) is 0 Å². The zero-order valence-corrected chi connectivity index (χ0v) is 16.8. The first-order valence-corrected chi connectivity index (χ1v) is 10.1. The van der Waals surface area contributed by atoms with Crippen LogP contribution in [0.25, 0.3) is 0 Å². The van der Waals surface area contributed by atoms with Gasteiger partial charge in [-0.15, -0.1) is 11.8 Å². The van der Waals surface area contributed by atoms with Gasteiger partial charge in [0.25, 0.3) is 0 Å². The summed E-state index contributed by atoms with van der Waals surface area (Å²) in [5.74, 6) is 3.31. The molecule has 142 valence electrons. The highest BCUT2D eigenvalue weighted by Crippen LogP contribution is 2.29. The zero-order chi connectivity index (χ0) is 18.3. The summed E-state index contributed by atoms with van der Waals surface area (Å²) in [6.07, 6.45) is 0.984. The molecular formula is C19H33N3O2S. The van der Waals surface area contributed by atoms with Crippen molar-refractivity contribution < 1.29 is 9.47 Å². The second-order valence-corrected chi connectivity index (χ2v) is 6.83. The van der Waals surface area contributed by atoms with Crippen molar-refractivity contribution in [2.75, 3.05) is 45.7 Å². The van der Waals surface area contributed by atoms with Crippen LogP contribution in [0.5, 0.6) is 5.75 Å². The maximum atomic E-state index is 5.40. The highest BCUT2D eigenvalue weighted by atomic mass is 32.2. The first-order chi connectivity index (χ1) is 12.2. The first kappa shape index (κ1) is 21.6. The van der Waals surface area contributed by atoms with Gasteiger partial charge in [0.05, 0.1) is 7.11 Å². The molecule has 0 radical (unpaired) electrons. The van der Waals surface area contributed by atoms with Crippen molar-refractivity contribution in [1.29, 1.82) is 0 Å². The summed E-state index contributed by atoms with van der Waals surface area (Å²) in [5.41, 5.74) is 0. The molecule has 5 nitrogen and oxygen atoms in total. The molecule has 1 rings (SSSR count). The lowest BCUT2D eigenvalue weighted by Crippen LogP contribution is -2.38. The summed E-state index contributed by atoms with van der Waals surface area (Å²) in [4.78, 5) is 5.88. The molecule has 1 aromatic rings. The van der Waals surface area contributed by atoms with Crippen molar-refractivity contribution in [3.63, 3.8) is 0 Å². The number of hydrogen-bond donors (Lipinski definition) is 2. The lowest BCUT2D eigenvalue weighted by molar-refractivity contribution is 0.145. The molecular weight excluding hydrogens is 334 g/mol. The Morgan fingerprint density at radius 2 is 2.04 bits per heavy atom. The topological polar surface area (TPSA) is 54.9 Å². The van der Waals surface area contributed by atoms with Crippen molar-refractivity contribution in [2.45, 2.75) is 32.1 Å². The minimum atomic E-state index is 0.480. The first-order valence-electron chi connectivity index (χ1n) is 9.06. The van der Waals surface area contributed by atoms with Crippen LogP contribution in [0.2, 0.25) is 0 Å². The predicted molar refractivity (Wildman–Crippen MR) is 108 cm³/mol. The number of aliphatic imine (C=N–C) groups is 1. The predicted octanol–water partition coefficient (Wildman–Crippen LogP) is 3.41. The van der Waals surface area contributed by atoms with Gasteiger partial charge in [0, 0.05) is 43.5 Å². The Morgan fingerprint density at radius 1 is 1.24 bits per heavy atom. The average Bonchev–Trinajstić information content (AvgIpc) is 2.64. The Balaban J connectivity index is 2.38. The Bertz CT molecular complexity index is 497. The highest BCUT2D eigenvalue weighted by Gasteiger charge is 2.07. The molecule has 1 unspecified atom stereocenters. The van der Waals surface area contributed by atoms with E-state index in [0.717, 1.165) is 56.7 Å². The third kappa shape index (κ3) is 9.60. The van der Waals surface area contributed by atoms with Crippen LogP contribution in [0.3, 0.4) is 0 Å². The van der Waals surface area contributed by atoms with E-state index in [1.54, 1.807) is 7.11 Å². The molecule has 0 spiro atoms. The van der Waals surface area contributed by atoms with Gasteiger partial charge in [0.15, 0.2) is 5.96 Å². The summed E-state index contributed by atoms with van der Waals surface area (Å²) in [6.45, 7) is 10.4. The van der Waals surface area contributed by atoms with Gasteiger partial charge in [-0.1, -0.05) is 19.1 Å². The molecule has 0 fully saturated rings. The van der Waals surface area contributed by atoms with Crippen molar-refractivity contribution in [2.24, 2.45) is 10.9 Å². The second kappa shape index (κ2) is 13.8. The number of hydrogen-bond acceptors (Lipinski definition) is 4. The van der Waals surface area contributed by atoms with Gasteiger partial charge in [-0.3, -0.25) is 4.99 Å². The Labute approximate surface area is 157 Å². The van der Waals surface area contributed by atoms with Gasteiger partial charge in [-0.2, -0.15) is 0 Å². The standard InChI is InChI=1S/C19H33N3O2S/c1-5-20-19(21-12-9-13-24-6-2)22-14-16(3)15-25-18-11-8-7-10-17(18)23-4/h7-8,10-11,16H,5-6,9,12-15H2,1-4H3,(H2,20,21,22). The molecule has 0 aliphatic heterocycles. The van der Waals surface area contributed by atoms with E-state index < -0.39 is 0 Å². The van der Waals surface area contributed by atoms with Crippen LogP contribution in [0.15, 0.2) is 34.2 Å². The summed E-state index contributed by atoms with van der Waals surface area (Å²) in [5, 5.41) is 6.65. The number of thioether (sulfide) groups is 1. The minimum absolute atomic E-state index is 0.480. The van der Waals surface area contributed by atoms with Crippen molar-refractivity contribution in [3.05, 3.63) is 24.3 Å². The lowest BCUT2D eigenvalue weighted by Gasteiger charge is -2.14. The number of guanidine groups is 1. The van der Waals surface area contributed by atoms with E-state index in [2.05, 4.69) is 30.5 Å². The number of benzene rings is 1. The fourth-order valence-corrected chi connectivity index (χ4v) is 3.17. The third-order valence-electron chi connectivity index (χ3n) is 3.46. The molecule has 1 aromatic carbocycles. The number of nitrogens with one attached hydrogen (secondary N) is 2. The lowest BCUT2D eigenvalue weighted by atomic mass is 10.2. The fourth-order valence-electron chi connectivity index (χ4n) is 2.14. The molecule has 0 saturated heterocycles. The van der Waals surface area contributed by atoms with Crippen LogP contribution < -0.4 is 15.4 Å². The van der Waals surface area contributed by atoms with Gasteiger partial charge < -0.3 is 20.1 Å². The second-order valence-electron chi connectivity index (χ2n) is 5.76. The Hall–Kier alpha value is -1.40. The minimum Gasteiger partial charge on any atom is -0.496 e. The molecule has 0 heterocycles. The number of para-hydroxylation sites is 1.